The van der Waals surface area contributed by atoms with E-state index < -0.39 is 0 Å². The molecule has 1 atom stereocenters. The third-order valence-corrected chi connectivity index (χ3v) is 3.84. The molecule has 100 valence electrons. The zero-order valence-corrected chi connectivity index (χ0v) is 11.3. The van der Waals surface area contributed by atoms with Crippen molar-refractivity contribution in [2.75, 3.05) is 19.5 Å². The molecule has 1 N–H and O–H groups in total. The van der Waals surface area contributed by atoms with Crippen LogP contribution in [0.25, 0.3) is 0 Å². The highest BCUT2D eigenvalue weighted by atomic mass is 16.5. The molecule has 0 amide bonds. The van der Waals surface area contributed by atoms with Crippen molar-refractivity contribution in [2.24, 2.45) is 0 Å². The summed E-state index contributed by atoms with van der Waals surface area (Å²) < 4.78 is 10.6. The normalized spacial score (nSPS) is 17.9. The number of aryl methyl sites for hydroxylation is 1. The third-order valence-electron chi connectivity index (χ3n) is 3.84. The van der Waals surface area contributed by atoms with Crippen LogP contribution in [0.2, 0.25) is 0 Å². The summed E-state index contributed by atoms with van der Waals surface area (Å²) in [6, 6.07) is 8.33. The molecule has 0 aliphatic heterocycles. The Balaban J connectivity index is 1.88. The average molecular weight is 258 g/mol. The van der Waals surface area contributed by atoms with Crippen LogP contribution in [0.15, 0.2) is 28.8 Å². The molecule has 1 heterocycles. The van der Waals surface area contributed by atoms with Crippen LogP contribution in [0.3, 0.4) is 0 Å². The van der Waals surface area contributed by atoms with Crippen LogP contribution in [0, 0.1) is 0 Å². The molecule has 1 unspecified atom stereocenters. The smallest absolute Gasteiger partial charge is 0.227 e. The van der Waals surface area contributed by atoms with Crippen molar-refractivity contribution in [2.45, 2.75) is 25.2 Å². The molecule has 0 radical (unpaired) electrons. The van der Waals surface area contributed by atoms with Gasteiger partial charge in [0.15, 0.2) is 0 Å². The van der Waals surface area contributed by atoms with Gasteiger partial charge >= 0.3 is 0 Å². The van der Waals surface area contributed by atoms with Crippen LogP contribution in [-0.2, 0) is 12.8 Å². The first-order valence-corrected chi connectivity index (χ1v) is 6.61. The molecule has 2 aromatic rings. The maximum Gasteiger partial charge on any atom is 0.227 e. The second-order valence-electron chi connectivity index (χ2n) is 4.90. The molecule has 1 aromatic heterocycles. The first-order chi connectivity index (χ1) is 9.31. The molecule has 1 aliphatic rings. The minimum absolute atomic E-state index is 0.508. The van der Waals surface area contributed by atoms with E-state index in [1.807, 2.05) is 13.1 Å². The van der Waals surface area contributed by atoms with E-state index in [2.05, 4.69) is 28.7 Å². The van der Waals surface area contributed by atoms with Crippen LogP contribution in [0.1, 0.15) is 29.2 Å². The average Bonchev–Trinajstić information content (AvgIpc) is 2.89. The number of rotatable bonds is 3. The van der Waals surface area contributed by atoms with E-state index >= 15 is 0 Å². The molecule has 0 bridgehead atoms. The Morgan fingerprint density at radius 2 is 2.32 bits per heavy atom. The second kappa shape index (κ2) is 4.96. The van der Waals surface area contributed by atoms with Gasteiger partial charge in [0.25, 0.3) is 0 Å². The number of hydrogen-bond donors (Lipinski definition) is 1. The van der Waals surface area contributed by atoms with E-state index in [4.69, 9.17) is 9.26 Å². The summed E-state index contributed by atoms with van der Waals surface area (Å²) in [7, 11) is 3.58. The van der Waals surface area contributed by atoms with Gasteiger partial charge < -0.3 is 14.6 Å². The molecule has 4 heteroatoms. The second-order valence-corrected chi connectivity index (χ2v) is 4.90. The largest absolute Gasteiger partial charge is 0.497 e. The van der Waals surface area contributed by atoms with Gasteiger partial charge in [0, 0.05) is 12.6 Å². The first kappa shape index (κ1) is 12.1. The summed E-state index contributed by atoms with van der Waals surface area (Å²) in [5.74, 6) is 2.24. The van der Waals surface area contributed by atoms with Gasteiger partial charge in [-0.1, -0.05) is 17.3 Å². The highest BCUT2D eigenvalue weighted by Crippen LogP contribution is 2.36. The Kier molecular flexibility index (Phi) is 3.15. The number of fused-ring (bicyclic) bond motifs is 1. The minimum Gasteiger partial charge on any atom is -0.497 e. The lowest BCUT2D eigenvalue weighted by Gasteiger charge is -2.22. The van der Waals surface area contributed by atoms with Crippen molar-refractivity contribution in [3.8, 4) is 5.75 Å². The van der Waals surface area contributed by atoms with E-state index in [9.17, 15) is 0 Å². The zero-order valence-electron chi connectivity index (χ0n) is 11.3. The molecule has 0 fully saturated rings. The van der Waals surface area contributed by atoms with Crippen molar-refractivity contribution < 1.29 is 9.26 Å². The fourth-order valence-electron chi connectivity index (χ4n) is 2.78. The van der Waals surface area contributed by atoms with Crippen molar-refractivity contribution in [3.05, 3.63) is 41.1 Å². The van der Waals surface area contributed by atoms with Crippen LogP contribution in [0.5, 0.6) is 5.75 Å². The van der Waals surface area contributed by atoms with Crippen LogP contribution >= 0.6 is 0 Å². The fraction of sp³-hybridized carbons (Fsp3) is 0.400. The summed E-state index contributed by atoms with van der Waals surface area (Å²) in [5.41, 5.74) is 3.65. The zero-order chi connectivity index (χ0) is 13.2. The molecule has 0 saturated carbocycles. The summed E-state index contributed by atoms with van der Waals surface area (Å²) >= 11 is 0. The van der Waals surface area contributed by atoms with Gasteiger partial charge in [-0.15, -0.1) is 0 Å². The number of benzene rings is 1. The molecular weight excluding hydrogens is 240 g/mol. The molecule has 1 aromatic carbocycles. The lowest BCUT2D eigenvalue weighted by Crippen LogP contribution is -2.13. The number of ether oxygens (including phenoxy) is 1. The van der Waals surface area contributed by atoms with Gasteiger partial charge in [0.1, 0.15) is 5.75 Å². The number of nitrogens with zero attached hydrogens (tertiary/aromatic N) is 1. The quantitative estimate of drug-likeness (QED) is 0.919. The Hall–Kier alpha value is -1.97. The van der Waals surface area contributed by atoms with E-state index in [-0.39, 0.29) is 0 Å². The Morgan fingerprint density at radius 3 is 3.11 bits per heavy atom. The molecule has 19 heavy (non-hydrogen) atoms. The topological polar surface area (TPSA) is 47.3 Å². The molecule has 0 spiro atoms. The van der Waals surface area contributed by atoms with Gasteiger partial charge in [0.05, 0.1) is 12.8 Å². The highest BCUT2D eigenvalue weighted by molar-refractivity contribution is 5.46. The number of hydrogen-bond acceptors (Lipinski definition) is 4. The standard InChI is InChI=1S/C15H18N2O2/c1-16-15-13-9-11(6-7-14(13)17-19-15)10-4-3-5-12(8-10)18-2/h3-5,8,11,16H,6-7,9H2,1-2H3. The lowest BCUT2D eigenvalue weighted by atomic mass is 9.82. The van der Waals surface area contributed by atoms with Crippen molar-refractivity contribution in [1.82, 2.24) is 5.16 Å². The number of aromatic nitrogens is 1. The monoisotopic (exact) mass is 258 g/mol. The lowest BCUT2D eigenvalue weighted by molar-refractivity contribution is 0.413. The summed E-state index contributed by atoms with van der Waals surface area (Å²) in [4.78, 5) is 0. The summed E-state index contributed by atoms with van der Waals surface area (Å²) in [6.07, 6.45) is 3.06. The first-order valence-electron chi connectivity index (χ1n) is 6.61. The van der Waals surface area contributed by atoms with E-state index in [0.717, 1.165) is 36.6 Å². The van der Waals surface area contributed by atoms with Crippen LogP contribution in [-0.4, -0.2) is 19.3 Å². The van der Waals surface area contributed by atoms with E-state index in [1.165, 1.54) is 11.1 Å². The van der Waals surface area contributed by atoms with Gasteiger partial charge in [-0.25, -0.2) is 0 Å². The minimum atomic E-state index is 0.508. The van der Waals surface area contributed by atoms with Crippen molar-refractivity contribution >= 4 is 5.88 Å². The molecule has 3 rings (SSSR count). The van der Waals surface area contributed by atoms with Gasteiger partial charge in [-0.2, -0.15) is 0 Å². The molecular formula is C15H18N2O2. The summed E-state index contributed by atoms with van der Waals surface area (Å²) in [5, 5.41) is 7.20. The van der Waals surface area contributed by atoms with Crippen molar-refractivity contribution in [3.63, 3.8) is 0 Å². The third kappa shape index (κ3) is 2.18. The fourth-order valence-corrected chi connectivity index (χ4v) is 2.78. The SMILES string of the molecule is CNc1onc2c1CC(c1cccc(OC)c1)CC2. The number of methoxy groups -OCH3 is 1. The number of anilines is 1. The van der Waals surface area contributed by atoms with Crippen molar-refractivity contribution in [1.29, 1.82) is 0 Å². The predicted molar refractivity (Wildman–Crippen MR) is 73.8 cm³/mol. The molecule has 0 saturated heterocycles. The van der Waals surface area contributed by atoms with E-state index in [1.54, 1.807) is 7.11 Å². The highest BCUT2D eigenvalue weighted by Gasteiger charge is 2.26. The van der Waals surface area contributed by atoms with Gasteiger partial charge in [-0.05, 0) is 42.9 Å². The van der Waals surface area contributed by atoms with Crippen LogP contribution in [0.4, 0.5) is 5.88 Å². The van der Waals surface area contributed by atoms with Crippen LogP contribution < -0.4 is 10.1 Å². The molecule has 4 nitrogen and oxygen atoms in total. The summed E-state index contributed by atoms with van der Waals surface area (Å²) in [6.45, 7) is 0. The maximum atomic E-state index is 5.31. The van der Waals surface area contributed by atoms with Gasteiger partial charge in [-0.3, -0.25) is 0 Å². The Morgan fingerprint density at radius 1 is 1.42 bits per heavy atom. The molecule has 1 aliphatic carbocycles. The Labute approximate surface area is 112 Å². The number of nitrogens with one attached hydrogen (secondary N) is 1. The Bertz CT molecular complexity index is 564. The predicted octanol–water partition coefficient (Wildman–Crippen LogP) is 3.00. The van der Waals surface area contributed by atoms with Gasteiger partial charge in [0.2, 0.25) is 5.88 Å². The van der Waals surface area contributed by atoms with E-state index in [0.29, 0.717) is 5.92 Å². The maximum absolute atomic E-state index is 5.31.